The SMILES string of the molecule is CN(Cc1noc(Cc2ccccc2)n1)CC1CCCCC1O. The predicted molar refractivity (Wildman–Crippen MR) is 87.8 cm³/mol. The highest BCUT2D eigenvalue weighted by Gasteiger charge is 2.24. The van der Waals surface area contributed by atoms with Crippen LogP contribution in [-0.4, -0.2) is 39.8 Å². The second kappa shape index (κ2) is 7.70. The van der Waals surface area contributed by atoms with Crippen molar-refractivity contribution < 1.29 is 9.63 Å². The molecule has 1 aromatic heterocycles. The zero-order chi connectivity index (χ0) is 16.1. The lowest BCUT2D eigenvalue weighted by atomic mass is 9.86. The normalized spacial score (nSPS) is 21.7. The van der Waals surface area contributed by atoms with Gasteiger partial charge in [0.15, 0.2) is 5.82 Å². The van der Waals surface area contributed by atoms with Crippen molar-refractivity contribution in [3.05, 3.63) is 47.6 Å². The Morgan fingerprint density at radius 2 is 2.00 bits per heavy atom. The number of aliphatic hydroxyl groups is 1. The molecule has 0 spiro atoms. The van der Waals surface area contributed by atoms with Crippen LogP contribution in [-0.2, 0) is 13.0 Å². The molecule has 0 saturated heterocycles. The lowest BCUT2D eigenvalue weighted by Crippen LogP contribution is -2.34. The van der Waals surface area contributed by atoms with Crippen LogP contribution in [0.25, 0.3) is 0 Å². The van der Waals surface area contributed by atoms with E-state index in [9.17, 15) is 5.11 Å². The maximum absolute atomic E-state index is 10.1. The summed E-state index contributed by atoms with van der Waals surface area (Å²) >= 11 is 0. The first-order chi connectivity index (χ1) is 11.2. The van der Waals surface area contributed by atoms with Crippen molar-refractivity contribution >= 4 is 0 Å². The second-order valence-corrected chi connectivity index (χ2v) is 6.58. The molecule has 0 bridgehead atoms. The molecule has 5 nitrogen and oxygen atoms in total. The van der Waals surface area contributed by atoms with Gasteiger partial charge in [0.05, 0.1) is 19.1 Å². The summed E-state index contributed by atoms with van der Waals surface area (Å²) in [4.78, 5) is 6.65. The van der Waals surface area contributed by atoms with Gasteiger partial charge in [0.2, 0.25) is 5.89 Å². The zero-order valence-corrected chi connectivity index (χ0v) is 13.7. The highest BCUT2D eigenvalue weighted by Crippen LogP contribution is 2.25. The maximum Gasteiger partial charge on any atom is 0.231 e. The summed E-state index contributed by atoms with van der Waals surface area (Å²) in [5, 5.41) is 14.1. The number of nitrogens with zero attached hydrogens (tertiary/aromatic N) is 3. The third kappa shape index (κ3) is 4.62. The number of aromatic nitrogens is 2. The predicted octanol–water partition coefficient (Wildman–Crippen LogP) is 2.64. The van der Waals surface area contributed by atoms with E-state index in [1.54, 1.807) is 0 Å². The van der Waals surface area contributed by atoms with Crippen molar-refractivity contribution in [1.29, 1.82) is 0 Å². The van der Waals surface area contributed by atoms with E-state index in [0.29, 0.717) is 30.6 Å². The van der Waals surface area contributed by atoms with Gasteiger partial charge in [-0.15, -0.1) is 0 Å². The van der Waals surface area contributed by atoms with E-state index < -0.39 is 0 Å². The van der Waals surface area contributed by atoms with Crippen molar-refractivity contribution in [3.8, 4) is 0 Å². The molecule has 23 heavy (non-hydrogen) atoms. The first kappa shape index (κ1) is 16.1. The number of benzene rings is 1. The van der Waals surface area contributed by atoms with Gasteiger partial charge < -0.3 is 9.63 Å². The fraction of sp³-hybridized carbons (Fsp3) is 0.556. The molecule has 0 aliphatic heterocycles. The maximum atomic E-state index is 10.1. The fourth-order valence-corrected chi connectivity index (χ4v) is 3.30. The Morgan fingerprint density at radius 1 is 1.22 bits per heavy atom. The summed E-state index contributed by atoms with van der Waals surface area (Å²) in [5.41, 5.74) is 1.17. The quantitative estimate of drug-likeness (QED) is 0.888. The average molecular weight is 315 g/mol. The van der Waals surface area contributed by atoms with Crippen molar-refractivity contribution in [2.24, 2.45) is 5.92 Å². The van der Waals surface area contributed by atoms with Gasteiger partial charge in [0.25, 0.3) is 0 Å². The van der Waals surface area contributed by atoms with E-state index in [4.69, 9.17) is 4.52 Å². The molecule has 124 valence electrons. The lowest BCUT2D eigenvalue weighted by Gasteiger charge is -2.30. The molecule has 2 unspecified atom stereocenters. The van der Waals surface area contributed by atoms with Gasteiger partial charge in [0, 0.05) is 6.54 Å². The largest absolute Gasteiger partial charge is 0.393 e. The molecule has 1 aliphatic carbocycles. The van der Waals surface area contributed by atoms with Gasteiger partial charge in [0.1, 0.15) is 0 Å². The third-order valence-corrected chi connectivity index (χ3v) is 4.53. The van der Waals surface area contributed by atoms with E-state index in [1.165, 1.54) is 12.0 Å². The molecular weight excluding hydrogens is 290 g/mol. The van der Waals surface area contributed by atoms with E-state index in [1.807, 2.05) is 18.2 Å². The molecule has 0 radical (unpaired) electrons. The Morgan fingerprint density at radius 3 is 2.78 bits per heavy atom. The molecule has 2 aromatic rings. The van der Waals surface area contributed by atoms with Crippen molar-refractivity contribution in [2.75, 3.05) is 13.6 Å². The minimum atomic E-state index is -0.162. The topological polar surface area (TPSA) is 62.4 Å². The van der Waals surface area contributed by atoms with Crippen LogP contribution in [0.2, 0.25) is 0 Å². The first-order valence-electron chi connectivity index (χ1n) is 8.42. The Kier molecular flexibility index (Phi) is 5.41. The highest BCUT2D eigenvalue weighted by molar-refractivity contribution is 5.17. The highest BCUT2D eigenvalue weighted by atomic mass is 16.5. The Labute approximate surface area is 137 Å². The Bertz CT molecular complexity index is 599. The van der Waals surface area contributed by atoms with Crippen LogP contribution in [0.4, 0.5) is 0 Å². The van der Waals surface area contributed by atoms with Crippen molar-refractivity contribution in [1.82, 2.24) is 15.0 Å². The van der Waals surface area contributed by atoms with Gasteiger partial charge in [-0.2, -0.15) is 4.98 Å². The molecule has 1 N–H and O–H groups in total. The van der Waals surface area contributed by atoms with E-state index in [2.05, 4.69) is 34.2 Å². The zero-order valence-electron chi connectivity index (χ0n) is 13.7. The molecule has 1 heterocycles. The van der Waals surface area contributed by atoms with Crippen molar-refractivity contribution in [3.63, 3.8) is 0 Å². The monoisotopic (exact) mass is 315 g/mol. The number of hydrogen-bond donors (Lipinski definition) is 1. The number of aliphatic hydroxyl groups excluding tert-OH is 1. The van der Waals surface area contributed by atoms with Crippen LogP contribution in [0.3, 0.4) is 0 Å². The minimum Gasteiger partial charge on any atom is -0.393 e. The van der Waals surface area contributed by atoms with Crippen molar-refractivity contribution in [2.45, 2.75) is 44.8 Å². The summed E-state index contributed by atoms with van der Waals surface area (Å²) in [6.45, 7) is 1.53. The molecule has 5 heteroatoms. The molecule has 1 fully saturated rings. The summed E-state index contributed by atoms with van der Waals surface area (Å²) in [6, 6.07) is 10.1. The Hall–Kier alpha value is -1.72. The number of hydrogen-bond acceptors (Lipinski definition) is 5. The van der Waals surface area contributed by atoms with Gasteiger partial charge >= 0.3 is 0 Å². The molecular formula is C18H25N3O2. The summed E-state index contributed by atoms with van der Waals surface area (Å²) in [6.07, 6.45) is 4.91. The first-order valence-corrected chi connectivity index (χ1v) is 8.42. The molecule has 3 rings (SSSR count). The van der Waals surface area contributed by atoms with Gasteiger partial charge in [-0.25, -0.2) is 0 Å². The molecule has 1 aromatic carbocycles. The third-order valence-electron chi connectivity index (χ3n) is 4.53. The van der Waals surface area contributed by atoms with Crippen LogP contribution >= 0.6 is 0 Å². The smallest absolute Gasteiger partial charge is 0.231 e. The van der Waals surface area contributed by atoms with Crippen LogP contribution in [0.1, 0.15) is 43.0 Å². The standard InChI is InChI=1S/C18H25N3O2/c1-21(12-15-9-5-6-10-16(15)22)13-17-19-18(23-20-17)11-14-7-3-2-4-8-14/h2-4,7-8,15-16,22H,5-6,9-13H2,1H3. The van der Waals surface area contributed by atoms with Gasteiger partial charge in [-0.1, -0.05) is 48.3 Å². The summed E-state index contributed by atoms with van der Waals surface area (Å²) < 4.78 is 5.34. The molecule has 2 atom stereocenters. The molecule has 1 aliphatic rings. The fourth-order valence-electron chi connectivity index (χ4n) is 3.30. The van der Waals surface area contributed by atoms with E-state index in [-0.39, 0.29) is 6.10 Å². The van der Waals surface area contributed by atoms with Crippen LogP contribution in [0.15, 0.2) is 34.9 Å². The van der Waals surface area contributed by atoms with Gasteiger partial charge in [-0.05, 0) is 31.4 Å². The number of rotatable bonds is 6. The van der Waals surface area contributed by atoms with Gasteiger partial charge in [-0.3, -0.25) is 4.90 Å². The van der Waals surface area contributed by atoms with Crippen LogP contribution in [0, 0.1) is 5.92 Å². The van der Waals surface area contributed by atoms with Crippen LogP contribution in [0.5, 0.6) is 0 Å². The minimum absolute atomic E-state index is 0.162. The van der Waals surface area contributed by atoms with Crippen LogP contribution < -0.4 is 0 Å². The van der Waals surface area contributed by atoms with E-state index in [0.717, 1.165) is 25.8 Å². The molecule has 0 amide bonds. The lowest BCUT2D eigenvalue weighted by molar-refractivity contribution is 0.0496. The average Bonchev–Trinajstić information content (AvgIpc) is 2.97. The summed E-state index contributed by atoms with van der Waals surface area (Å²) in [7, 11) is 2.05. The van der Waals surface area contributed by atoms with E-state index >= 15 is 0 Å². The summed E-state index contributed by atoms with van der Waals surface area (Å²) in [5.74, 6) is 1.73. The molecule has 1 saturated carbocycles. The second-order valence-electron chi connectivity index (χ2n) is 6.58. The Balaban J connectivity index is 1.52.